The first-order valence-corrected chi connectivity index (χ1v) is 9.96. The second-order valence-electron chi connectivity index (χ2n) is 7.31. The molecular formula is C24H20F2N4O2. The molecule has 0 radical (unpaired) electrons. The Kier molecular flexibility index (Phi) is 5.93. The van der Waals surface area contributed by atoms with Crippen LogP contribution in [0.1, 0.15) is 24.2 Å². The molecular weight excluding hydrogens is 414 g/mol. The highest BCUT2D eigenvalue weighted by Crippen LogP contribution is 2.25. The van der Waals surface area contributed by atoms with E-state index >= 15 is 0 Å². The minimum Gasteiger partial charge on any atom is -0.460 e. The first-order chi connectivity index (χ1) is 15.4. The van der Waals surface area contributed by atoms with Crippen LogP contribution in [0.15, 0.2) is 72.8 Å². The average molecular weight is 434 g/mol. The molecule has 8 heteroatoms. The smallest absolute Gasteiger partial charge is 0.336 e. The van der Waals surface area contributed by atoms with Gasteiger partial charge >= 0.3 is 6.01 Å². The van der Waals surface area contributed by atoms with Gasteiger partial charge in [0.1, 0.15) is 11.6 Å². The van der Waals surface area contributed by atoms with E-state index in [1.54, 1.807) is 41.1 Å². The second-order valence-corrected chi connectivity index (χ2v) is 7.31. The summed E-state index contributed by atoms with van der Waals surface area (Å²) < 4.78 is 34.0. The van der Waals surface area contributed by atoms with Crippen LogP contribution in [0, 0.1) is 11.6 Å². The van der Waals surface area contributed by atoms with Crippen LogP contribution in [0.25, 0.3) is 17.1 Å². The van der Waals surface area contributed by atoms with Crippen LogP contribution in [0.5, 0.6) is 6.01 Å². The number of nitrogens with one attached hydrogen (secondary N) is 1. The third kappa shape index (κ3) is 4.80. The van der Waals surface area contributed by atoms with E-state index in [2.05, 4.69) is 15.4 Å². The fourth-order valence-corrected chi connectivity index (χ4v) is 3.04. The molecule has 0 bridgehead atoms. The van der Waals surface area contributed by atoms with Gasteiger partial charge in [-0.25, -0.2) is 13.5 Å². The highest BCUT2D eigenvalue weighted by molar-refractivity contribution is 6.04. The summed E-state index contributed by atoms with van der Waals surface area (Å²) in [4.78, 5) is 16.8. The van der Waals surface area contributed by atoms with Gasteiger partial charge in [0.05, 0.1) is 11.8 Å². The molecule has 0 aliphatic heterocycles. The zero-order valence-electron chi connectivity index (χ0n) is 17.4. The van der Waals surface area contributed by atoms with E-state index in [1.165, 1.54) is 36.4 Å². The summed E-state index contributed by atoms with van der Waals surface area (Å²) >= 11 is 0. The Morgan fingerprint density at radius 1 is 0.969 bits per heavy atom. The lowest BCUT2D eigenvalue weighted by atomic mass is 10.2. The van der Waals surface area contributed by atoms with Gasteiger partial charge < -0.3 is 10.1 Å². The number of rotatable bonds is 6. The van der Waals surface area contributed by atoms with Gasteiger partial charge in [-0.2, -0.15) is 4.98 Å². The summed E-state index contributed by atoms with van der Waals surface area (Å²) in [6, 6.07) is 18.5. The molecule has 4 aromatic rings. The zero-order chi connectivity index (χ0) is 22.7. The number of halogens is 2. The number of nitrogens with zero attached hydrogens (tertiary/aromatic N) is 3. The van der Waals surface area contributed by atoms with Crippen molar-refractivity contribution in [3.63, 3.8) is 0 Å². The van der Waals surface area contributed by atoms with Crippen molar-refractivity contribution in [2.24, 2.45) is 0 Å². The third-order valence-electron chi connectivity index (χ3n) is 4.49. The lowest BCUT2D eigenvalue weighted by Gasteiger charge is -2.09. The zero-order valence-corrected chi connectivity index (χ0v) is 17.4. The normalized spacial score (nSPS) is 10.9. The van der Waals surface area contributed by atoms with Crippen molar-refractivity contribution in [2.45, 2.75) is 20.0 Å². The fourth-order valence-electron chi connectivity index (χ4n) is 3.04. The first-order valence-electron chi connectivity index (χ1n) is 9.96. The van der Waals surface area contributed by atoms with Gasteiger partial charge in [0.15, 0.2) is 5.82 Å². The highest BCUT2D eigenvalue weighted by atomic mass is 19.1. The van der Waals surface area contributed by atoms with Crippen LogP contribution >= 0.6 is 0 Å². The summed E-state index contributed by atoms with van der Waals surface area (Å²) in [6.45, 7) is 3.74. The lowest BCUT2D eigenvalue weighted by molar-refractivity contribution is 0.102. The minimum absolute atomic E-state index is 0.118. The summed E-state index contributed by atoms with van der Waals surface area (Å²) in [7, 11) is 0. The number of benzene rings is 3. The topological polar surface area (TPSA) is 69.0 Å². The van der Waals surface area contributed by atoms with Crippen molar-refractivity contribution in [3.05, 3.63) is 90.0 Å². The molecule has 32 heavy (non-hydrogen) atoms. The predicted octanol–water partition coefficient (Wildman–Crippen LogP) is 5.25. The van der Waals surface area contributed by atoms with E-state index in [-0.39, 0.29) is 23.5 Å². The number of anilines is 1. The van der Waals surface area contributed by atoms with Crippen LogP contribution < -0.4 is 10.1 Å². The van der Waals surface area contributed by atoms with Crippen molar-refractivity contribution in [2.75, 3.05) is 5.32 Å². The van der Waals surface area contributed by atoms with Gasteiger partial charge in [-0.05, 0) is 80.6 Å². The SMILES string of the molecule is CC(C)Oc1nc(-c2ccc(F)cc2)n(-c2ccc(NC(=O)c3cccc(F)c3)cc2)n1. The Morgan fingerprint density at radius 3 is 2.34 bits per heavy atom. The van der Waals surface area contributed by atoms with Crippen LogP contribution in [0.4, 0.5) is 14.5 Å². The predicted molar refractivity (Wildman–Crippen MR) is 117 cm³/mol. The van der Waals surface area contributed by atoms with Crippen molar-refractivity contribution < 1.29 is 18.3 Å². The molecule has 1 amide bonds. The van der Waals surface area contributed by atoms with E-state index in [4.69, 9.17) is 4.74 Å². The highest BCUT2D eigenvalue weighted by Gasteiger charge is 2.16. The molecule has 4 rings (SSSR count). The minimum atomic E-state index is -0.480. The molecule has 0 aliphatic carbocycles. The molecule has 0 atom stereocenters. The summed E-state index contributed by atoms with van der Waals surface area (Å²) in [5.74, 6) is -0.765. The standard InChI is InChI=1S/C24H20F2N4O2/c1-15(2)32-24-28-22(16-6-8-18(25)9-7-16)30(29-24)21-12-10-20(11-13-21)27-23(31)17-4-3-5-19(26)14-17/h3-15H,1-2H3,(H,27,31). The number of ether oxygens (including phenoxy) is 1. The molecule has 3 aromatic carbocycles. The molecule has 0 saturated heterocycles. The average Bonchev–Trinajstić information content (AvgIpc) is 3.17. The van der Waals surface area contributed by atoms with Crippen LogP contribution in [0.3, 0.4) is 0 Å². The summed E-state index contributed by atoms with van der Waals surface area (Å²) in [5, 5.41) is 7.16. The molecule has 0 aliphatic rings. The van der Waals surface area contributed by atoms with E-state index in [0.717, 1.165) is 0 Å². The van der Waals surface area contributed by atoms with Gasteiger partial charge in [0, 0.05) is 16.8 Å². The van der Waals surface area contributed by atoms with Crippen LogP contribution in [-0.2, 0) is 0 Å². The number of amides is 1. The Bertz CT molecular complexity index is 1240. The largest absolute Gasteiger partial charge is 0.460 e. The van der Waals surface area contributed by atoms with E-state index in [9.17, 15) is 13.6 Å². The molecule has 162 valence electrons. The molecule has 1 heterocycles. The number of carbonyl (C=O) groups excluding carboxylic acids is 1. The molecule has 0 unspecified atom stereocenters. The maximum Gasteiger partial charge on any atom is 0.336 e. The lowest BCUT2D eigenvalue weighted by Crippen LogP contribution is -2.12. The van der Waals surface area contributed by atoms with Crippen molar-refractivity contribution in [1.29, 1.82) is 0 Å². The maximum atomic E-state index is 13.4. The Hall–Kier alpha value is -4.07. The van der Waals surface area contributed by atoms with Crippen molar-refractivity contribution in [1.82, 2.24) is 14.8 Å². The van der Waals surface area contributed by atoms with Gasteiger partial charge in [0.25, 0.3) is 5.91 Å². The van der Waals surface area contributed by atoms with Gasteiger partial charge in [-0.1, -0.05) is 6.07 Å². The van der Waals surface area contributed by atoms with Crippen molar-refractivity contribution in [3.8, 4) is 23.1 Å². The number of aromatic nitrogens is 3. The fraction of sp³-hybridized carbons (Fsp3) is 0.125. The molecule has 1 N–H and O–H groups in total. The van der Waals surface area contributed by atoms with E-state index < -0.39 is 11.7 Å². The molecule has 0 spiro atoms. The maximum absolute atomic E-state index is 13.4. The Labute approximate surface area is 183 Å². The number of carbonyl (C=O) groups is 1. The van der Waals surface area contributed by atoms with Crippen LogP contribution in [-0.4, -0.2) is 26.8 Å². The second kappa shape index (κ2) is 8.97. The monoisotopic (exact) mass is 434 g/mol. The molecule has 0 fully saturated rings. The third-order valence-corrected chi connectivity index (χ3v) is 4.49. The number of hydrogen-bond donors (Lipinski definition) is 1. The summed E-state index contributed by atoms with van der Waals surface area (Å²) in [5.41, 5.74) is 2.09. The summed E-state index contributed by atoms with van der Waals surface area (Å²) in [6.07, 6.45) is -0.118. The van der Waals surface area contributed by atoms with E-state index in [1.807, 2.05) is 13.8 Å². The van der Waals surface area contributed by atoms with Crippen LogP contribution in [0.2, 0.25) is 0 Å². The van der Waals surface area contributed by atoms with Gasteiger partial charge in [0.2, 0.25) is 0 Å². The Morgan fingerprint density at radius 2 is 1.69 bits per heavy atom. The molecule has 6 nitrogen and oxygen atoms in total. The Balaban J connectivity index is 1.62. The number of hydrogen-bond acceptors (Lipinski definition) is 4. The van der Waals surface area contributed by atoms with Gasteiger partial charge in [-0.3, -0.25) is 4.79 Å². The molecule has 1 aromatic heterocycles. The van der Waals surface area contributed by atoms with Gasteiger partial charge in [-0.15, -0.1) is 5.10 Å². The van der Waals surface area contributed by atoms with E-state index in [0.29, 0.717) is 22.8 Å². The quantitative estimate of drug-likeness (QED) is 0.450. The van der Waals surface area contributed by atoms with Crippen molar-refractivity contribution >= 4 is 11.6 Å². The first kappa shape index (κ1) is 21.2. The molecule has 0 saturated carbocycles.